The molecule has 0 aliphatic rings. The molecule has 0 aliphatic carbocycles. The number of hydrogen-bond donors (Lipinski definition) is 1. The summed E-state index contributed by atoms with van der Waals surface area (Å²) in [6, 6.07) is 6.75. The van der Waals surface area contributed by atoms with Crippen molar-refractivity contribution in [2.24, 2.45) is 0 Å². The van der Waals surface area contributed by atoms with E-state index in [0.29, 0.717) is 12.3 Å². The highest BCUT2D eigenvalue weighted by atomic mass is 16.5. The van der Waals surface area contributed by atoms with Crippen LogP contribution in [-0.2, 0) is 9.53 Å². The second kappa shape index (κ2) is 5.24. The predicted molar refractivity (Wildman–Crippen MR) is 55.5 cm³/mol. The number of hydrogen-bond acceptors (Lipinski definition) is 3. The summed E-state index contributed by atoms with van der Waals surface area (Å²) in [7, 11) is 0. The summed E-state index contributed by atoms with van der Waals surface area (Å²) in [5.74, 6) is -0.550. The number of carbonyl (C=O) groups is 1. The summed E-state index contributed by atoms with van der Waals surface area (Å²) in [5.41, 5.74) is 1.32. The number of benzene rings is 1. The van der Waals surface area contributed by atoms with E-state index in [4.69, 9.17) is 4.74 Å². The van der Waals surface area contributed by atoms with Crippen LogP contribution in [0.25, 0.3) is 0 Å². The molecule has 0 fully saturated rings. The molecule has 1 aromatic carbocycles. The standard InChI is InChI=1S/C11H13NO3/c1-3-15-11(13)8(2)9-4-6-10(12-14)7-5-9/h4-8H,3H2,1-2H3/p+1. The van der Waals surface area contributed by atoms with Gasteiger partial charge in [0.15, 0.2) is 0 Å². The van der Waals surface area contributed by atoms with Gasteiger partial charge >= 0.3 is 5.97 Å². The van der Waals surface area contributed by atoms with Crippen LogP contribution >= 0.6 is 0 Å². The van der Waals surface area contributed by atoms with Crippen molar-refractivity contribution in [1.82, 2.24) is 0 Å². The van der Waals surface area contributed by atoms with Gasteiger partial charge in [-0.15, -0.1) is 0 Å². The first-order valence-electron chi connectivity index (χ1n) is 4.83. The molecule has 80 valence electrons. The molecule has 0 heterocycles. The maximum Gasteiger partial charge on any atom is 0.313 e. The largest absolute Gasteiger partial charge is 0.466 e. The molecule has 0 saturated heterocycles. The highest BCUT2D eigenvalue weighted by molar-refractivity contribution is 5.77. The summed E-state index contributed by atoms with van der Waals surface area (Å²) in [6.45, 7) is 3.93. The Balaban J connectivity index is 2.77. The molecule has 4 nitrogen and oxygen atoms in total. The Morgan fingerprint density at radius 3 is 2.47 bits per heavy atom. The normalized spacial score (nSPS) is 11.9. The topological polar surface area (TPSA) is 57.3 Å². The minimum absolute atomic E-state index is 0.250. The maximum atomic E-state index is 11.4. The van der Waals surface area contributed by atoms with Gasteiger partial charge in [-0.05, 0) is 19.4 Å². The summed E-state index contributed by atoms with van der Waals surface area (Å²) >= 11 is 0. The van der Waals surface area contributed by atoms with Gasteiger partial charge in [0.25, 0.3) is 5.69 Å². The quantitative estimate of drug-likeness (QED) is 0.746. The highest BCUT2D eigenvalue weighted by Gasteiger charge is 2.16. The molecule has 0 radical (unpaired) electrons. The van der Waals surface area contributed by atoms with Crippen LogP contribution in [0.15, 0.2) is 24.3 Å². The molecular formula is C11H14NO3+. The smallest absolute Gasteiger partial charge is 0.313 e. The van der Waals surface area contributed by atoms with Crippen molar-refractivity contribution in [2.45, 2.75) is 19.8 Å². The van der Waals surface area contributed by atoms with Crippen LogP contribution in [0.5, 0.6) is 0 Å². The second-order valence-corrected chi connectivity index (χ2v) is 3.20. The van der Waals surface area contributed by atoms with Gasteiger partial charge in [0.05, 0.1) is 12.5 Å². The van der Waals surface area contributed by atoms with Crippen LogP contribution in [0.1, 0.15) is 25.3 Å². The first-order valence-corrected chi connectivity index (χ1v) is 4.83. The molecule has 4 heteroatoms. The van der Waals surface area contributed by atoms with Crippen LogP contribution in [0.2, 0.25) is 0 Å². The van der Waals surface area contributed by atoms with E-state index in [1.807, 2.05) is 0 Å². The molecule has 1 aromatic rings. The molecule has 0 saturated carbocycles. The van der Waals surface area contributed by atoms with Gasteiger partial charge in [0.2, 0.25) is 0 Å². The van der Waals surface area contributed by atoms with Crippen molar-refractivity contribution >= 4 is 11.7 Å². The molecule has 0 amide bonds. The third kappa shape index (κ3) is 2.87. The molecule has 15 heavy (non-hydrogen) atoms. The van der Waals surface area contributed by atoms with Crippen molar-refractivity contribution in [3.63, 3.8) is 0 Å². The van der Waals surface area contributed by atoms with E-state index in [-0.39, 0.29) is 11.9 Å². The van der Waals surface area contributed by atoms with Gasteiger partial charge in [-0.1, -0.05) is 12.1 Å². The van der Waals surface area contributed by atoms with E-state index in [2.05, 4.69) is 0 Å². The van der Waals surface area contributed by atoms with Gasteiger partial charge < -0.3 is 4.74 Å². The molecular weight excluding hydrogens is 194 g/mol. The lowest BCUT2D eigenvalue weighted by atomic mass is 10.0. The lowest BCUT2D eigenvalue weighted by molar-refractivity contribution is -0.379. The average Bonchev–Trinajstić information content (AvgIpc) is 2.28. The highest BCUT2D eigenvalue weighted by Crippen LogP contribution is 2.17. The van der Waals surface area contributed by atoms with Crippen LogP contribution in [-0.4, -0.2) is 12.6 Å². The molecule has 0 aliphatic heterocycles. The number of carbonyl (C=O) groups excluding carboxylic acids is 1. The number of nitroso groups, excluding NO2 is 1. The minimum Gasteiger partial charge on any atom is -0.466 e. The molecule has 1 rings (SSSR count). The summed E-state index contributed by atoms with van der Waals surface area (Å²) in [5, 5.41) is 1.78. The fourth-order valence-corrected chi connectivity index (χ4v) is 1.24. The van der Waals surface area contributed by atoms with Crippen molar-refractivity contribution in [3.05, 3.63) is 34.7 Å². The summed E-state index contributed by atoms with van der Waals surface area (Å²) < 4.78 is 4.90. The zero-order valence-corrected chi connectivity index (χ0v) is 8.82. The first kappa shape index (κ1) is 11.4. The number of ether oxygens (including phenoxy) is 1. The van der Waals surface area contributed by atoms with E-state index in [1.165, 1.54) is 0 Å². The summed E-state index contributed by atoms with van der Waals surface area (Å²) in [6.07, 6.45) is 0. The van der Waals surface area contributed by atoms with Crippen molar-refractivity contribution in [2.75, 3.05) is 6.61 Å². The molecule has 1 atom stereocenters. The number of rotatable bonds is 4. The Labute approximate surface area is 88.2 Å². The monoisotopic (exact) mass is 208 g/mol. The fourth-order valence-electron chi connectivity index (χ4n) is 1.24. The van der Waals surface area contributed by atoms with Crippen LogP contribution in [0, 0.1) is 4.91 Å². The van der Waals surface area contributed by atoms with Crippen LogP contribution < -0.4 is 5.18 Å². The summed E-state index contributed by atoms with van der Waals surface area (Å²) in [4.78, 5) is 21.7. The van der Waals surface area contributed by atoms with E-state index in [0.717, 1.165) is 5.56 Å². The SMILES string of the molecule is CCOC(=O)C(C)c1ccc([NH+]=O)cc1. The fraction of sp³-hybridized carbons (Fsp3) is 0.364. The average molecular weight is 208 g/mol. The molecule has 0 bridgehead atoms. The van der Waals surface area contributed by atoms with Gasteiger partial charge in [0.1, 0.15) is 0 Å². The lowest BCUT2D eigenvalue weighted by Gasteiger charge is -2.09. The molecule has 0 spiro atoms. The van der Waals surface area contributed by atoms with Gasteiger partial charge in [-0.25, -0.2) is 0 Å². The Bertz CT molecular complexity index is 345. The van der Waals surface area contributed by atoms with E-state index < -0.39 is 0 Å². The number of nitrogens with one attached hydrogen (secondary N) is 1. The Morgan fingerprint density at radius 2 is 2.00 bits per heavy atom. The van der Waals surface area contributed by atoms with E-state index >= 15 is 0 Å². The van der Waals surface area contributed by atoms with Gasteiger partial charge in [0, 0.05) is 22.2 Å². The maximum absolute atomic E-state index is 11.4. The molecule has 1 unspecified atom stereocenters. The minimum atomic E-state index is -0.300. The second-order valence-electron chi connectivity index (χ2n) is 3.20. The van der Waals surface area contributed by atoms with Crippen molar-refractivity contribution in [3.8, 4) is 0 Å². The predicted octanol–water partition coefficient (Wildman–Crippen LogP) is 0.832. The van der Waals surface area contributed by atoms with Crippen LogP contribution in [0.3, 0.4) is 0 Å². The molecule has 1 N–H and O–H groups in total. The Morgan fingerprint density at radius 1 is 1.40 bits per heavy atom. The van der Waals surface area contributed by atoms with E-state index in [1.54, 1.807) is 43.3 Å². The van der Waals surface area contributed by atoms with Crippen molar-refractivity contribution in [1.29, 1.82) is 0 Å². The van der Waals surface area contributed by atoms with Gasteiger partial charge in [-0.3, -0.25) is 4.79 Å². The van der Waals surface area contributed by atoms with Crippen molar-refractivity contribution < 1.29 is 14.7 Å². The first-order chi connectivity index (χ1) is 7.19. The third-order valence-corrected chi connectivity index (χ3v) is 2.17. The zero-order valence-electron chi connectivity index (χ0n) is 8.82. The van der Waals surface area contributed by atoms with E-state index in [9.17, 15) is 9.70 Å². The van der Waals surface area contributed by atoms with Gasteiger partial charge in [-0.2, -0.15) is 0 Å². The number of esters is 1. The Hall–Kier alpha value is -1.71. The Kier molecular flexibility index (Phi) is 3.97. The molecule has 0 aromatic heterocycles. The van der Waals surface area contributed by atoms with Crippen LogP contribution in [0.4, 0.5) is 5.69 Å². The third-order valence-electron chi connectivity index (χ3n) is 2.17. The zero-order chi connectivity index (χ0) is 11.3. The lowest BCUT2D eigenvalue weighted by Crippen LogP contribution is -2.55.